The van der Waals surface area contributed by atoms with Gasteiger partial charge in [0.1, 0.15) is 11.9 Å². The minimum Gasteiger partial charge on any atom is -0.381 e. The van der Waals surface area contributed by atoms with Crippen LogP contribution in [0, 0.1) is 17.2 Å². The molecule has 3 N–H and O–H groups in total. The van der Waals surface area contributed by atoms with Gasteiger partial charge in [-0.1, -0.05) is 0 Å². The Labute approximate surface area is 226 Å². The van der Waals surface area contributed by atoms with Crippen LogP contribution in [0.4, 0.5) is 17.2 Å². The third-order valence-corrected chi connectivity index (χ3v) is 8.09. The van der Waals surface area contributed by atoms with Gasteiger partial charge in [-0.05, 0) is 62.4 Å². The highest BCUT2D eigenvalue weighted by Gasteiger charge is 2.45. The number of piperidine rings is 2. The van der Waals surface area contributed by atoms with Gasteiger partial charge in [0.2, 0.25) is 5.91 Å². The summed E-state index contributed by atoms with van der Waals surface area (Å²) >= 11 is 0. The van der Waals surface area contributed by atoms with Crippen molar-refractivity contribution >= 4 is 29.0 Å². The molecule has 10 heteroatoms. The Morgan fingerprint density at radius 2 is 1.85 bits per heavy atom. The lowest BCUT2D eigenvalue weighted by molar-refractivity contribution is -0.121. The molecule has 2 atom stereocenters. The molecule has 3 aromatic rings. The van der Waals surface area contributed by atoms with Crippen LogP contribution in [-0.4, -0.2) is 51.9 Å². The Balaban J connectivity index is 1.11. The van der Waals surface area contributed by atoms with Crippen LogP contribution in [0.2, 0.25) is 0 Å². The van der Waals surface area contributed by atoms with Crippen LogP contribution in [0.25, 0.3) is 0 Å². The van der Waals surface area contributed by atoms with Gasteiger partial charge in [0, 0.05) is 61.3 Å². The van der Waals surface area contributed by atoms with E-state index in [9.17, 15) is 9.59 Å². The molecule has 198 valence electrons. The molecule has 6 rings (SSSR count). The summed E-state index contributed by atoms with van der Waals surface area (Å²) in [4.78, 5) is 42.3. The van der Waals surface area contributed by atoms with Gasteiger partial charge in [-0.3, -0.25) is 19.6 Å². The standard InChI is InChI=1S/C29H30N8O2/c30-14-18-1-6-27(34-15-18)36-9-7-20(8-10-36)35-26-13-22(33-17-25(26)28(31)38)12-21-3-5-24(16-32-21)37-23-4-2-19(11-23)29(37)39/h1,3,5-6,13,15-17,19-20,23H,2,4,7-12H2,(H2,31,38)(H,33,35)/t19-,23+/m1/s1. The Kier molecular flexibility index (Phi) is 6.57. The van der Waals surface area contributed by atoms with E-state index in [-0.39, 0.29) is 17.9 Å². The Hall–Kier alpha value is -4.52. The van der Waals surface area contributed by atoms with Gasteiger partial charge in [0.05, 0.1) is 28.7 Å². The molecule has 3 fully saturated rings. The minimum absolute atomic E-state index is 0.165. The molecule has 3 aromatic heterocycles. The summed E-state index contributed by atoms with van der Waals surface area (Å²) in [6, 6.07) is 12.0. The van der Waals surface area contributed by atoms with E-state index < -0.39 is 5.91 Å². The van der Waals surface area contributed by atoms with Crippen molar-refractivity contribution in [3.8, 4) is 6.07 Å². The predicted molar refractivity (Wildman–Crippen MR) is 146 cm³/mol. The number of rotatable bonds is 7. The number of anilines is 3. The van der Waals surface area contributed by atoms with E-state index in [1.165, 1.54) is 6.20 Å². The van der Waals surface area contributed by atoms with Gasteiger partial charge in [-0.15, -0.1) is 0 Å². The van der Waals surface area contributed by atoms with Crippen LogP contribution >= 0.6 is 0 Å². The number of hydrogen-bond acceptors (Lipinski definition) is 8. The average Bonchev–Trinajstić information content (AvgIpc) is 3.56. The van der Waals surface area contributed by atoms with E-state index in [4.69, 9.17) is 11.0 Å². The van der Waals surface area contributed by atoms with Crippen molar-refractivity contribution in [2.45, 2.75) is 50.6 Å². The molecule has 0 unspecified atom stereocenters. The second-order valence-electron chi connectivity index (χ2n) is 10.6. The third-order valence-electron chi connectivity index (χ3n) is 8.09. The maximum absolute atomic E-state index is 12.6. The Morgan fingerprint density at radius 1 is 1.03 bits per heavy atom. The smallest absolute Gasteiger partial charge is 0.252 e. The quantitative estimate of drug-likeness (QED) is 0.482. The zero-order valence-corrected chi connectivity index (χ0v) is 21.6. The summed E-state index contributed by atoms with van der Waals surface area (Å²) in [5.74, 6) is 0.729. The van der Waals surface area contributed by atoms with Gasteiger partial charge in [-0.2, -0.15) is 5.26 Å². The topological polar surface area (TPSA) is 141 Å². The van der Waals surface area contributed by atoms with Crippen LogP contribution < -0.4 is 20.9 Å². The molecule has 3 aliphatic rings. The van der Waals surface area contributed by atoms with Crippen LogP contribution in [0.15, 0.2) is 48.9 Å². The van der Waals surface area contributed by atoms with Crippen LogP contribution in [0.1, 0.15) is 59.4 Å². The summed E-state index contributed by atoms with van der Waals surface area (Å²) in [6.45, 7) is 1.61. The zero-order chi connectivity index (χ0) is 26.9. The molecule has 5 heterocycles. The molecule has 0 spiro atoms. The molecular formula is C29H30N8O2. The minimum atomic E-state index is -0.525. The van der Waals surface area contributed by atoms with Crippen LogP contribution in [0.3, 0.4) is 0 Å². The summed E-state index contributed by atoms with van der Waals surface area (Å²) in [5.41, 5.74) is 9.71. The fourth-order valence-corrected chi connectivity index (χ4v) is 6.00. The predicted octanol–water partition coefficient (Wildman–Crippen LogP) is 3.03. The van der Waals surface area contributed by atoms with E-state index in [1.54, 1.807) is 18.5 Å². The zero-order valence-electron chi connectivity index (χ0n) is 21.6. The molecule has 10 nitrogen and oxygen atoms in total. The number of carbonyl (C=O) groups excluding carboxylic acids is 2. The molecule has 2 amide bonds. The summed E-state index contributed by atoms with van der Waals surface area (Å²) in [5, 5.41) is 12.5. The van der Waals surface area contributed by atoms with Gasteiger partial charge < -0.3 is 20.9 Å². The number of nitrogens with zero attached hydrogens (tertiary/aromatic N) is 6. The largest absolute Gasteiger partial charge is 0.381 e. The third kappa shape index (κ3) is 5.00. The summed E-state index contributed by atoms with van der Waals surface area (Å²) in [6.07, 6.45) is 10.1. The van der Waals surface area contributed by atoms with E-state index in [0.717, 1.165) is 68.1 Å². The van der Waals surface area contributed by atoms with Gasteiger partial charge in [0.25, 0.3) is 5.91 Å². The summed E-state index contributed by atoms with van der Waals surface area (Å²) < 4.78 is 0. The van der Waals surface area contributed by atoms with E-state index in [0.29, 0.717) is 29.3 Å². The fourth-order valence-electron chi connectivity index (χ4n) is 6.00. The molecule has 39 heavy (non-hydrogen) atoms. The lowest BCUT2D eigenvalue weighted by Gasteiger charge is -2.34. The van der Waals surface area contributed by atoms with Gasteiger partial charge in [-0.25, -0.2) is 4.98 Å². The van der Waals surface area contributed by atoms with Crippen molar-refractivity contribution in [1.82, 2.24) is 15.0 Å². The molecule has 2 bridgehead atoms. The van der Waals surface area contributed by atoms with Crippen molar-refractivity contribution < 1.29 is 9.59 Å². The number of pyridine rings is 3. The average molecular weight is 523 g/mol. The molecule has 2 aliphatic heterocycles. The molecule has 0 aromatic carbocycles. The number of nitrogens with two attached hydrogens (primary N) is 1. The highest BCUT2D eigenvalue weighted by Crippen LogP contribution is 2.41. The van der Waals surface area contributed by atoms with Crippen molar-refractivity contribution in [3.63, 3.8) is 0 Å². The first kappa shape index (κ1) is 24.8. The number of nitriles is 1. The van der Waals surface area contributed by atoms with Crippen molar-refractivity contribution in [2.75, 3.05) is 28.2 Å². The van der Waals surface area contributed by atoms with E-state index >= 15 is 0 Å². The molecule has 0 radical (unpaired) electrons. The van der Waals surface area contributed by atoms with Crippen molar-refractivity contribution in [2.24, 2.45) is 11.7 Å². The monoisotopic (exact) mass is 522 g/mol. The molecule has 2 saturated heterocycles. The molecule has 1 aliphatic carbocycles. The molecular weight excluding hydrogens is 492 g/mol. The van der Waals surface area contributed by atoms with Crippen LogP contribution in [0.5, 0.6) is 0 Å². The lowest BCUT2D eigenvalue weighted by Crippen LogP contribution is -2.39. The maximum atomic E-state index is 12.6. The first-order valence-electron chi connectivity index (χ1n) is 13.4. The highest BCUT2D eigenvalue weighted by atomic mass is 16.2. The number of carbonyl (C=O) groups is 2. The number of primary amides is 1. The summed E-state index contributed by atoms with van der Waals surface area (Å²) in [7, 11) is 0. The highest BCUT2D eigenvalue weighted by molar-refractivity contribution is 5.99. The second-order valence-corrected chi connectivity index (χ2v) is 10.6. The number of aromatic nitrogens is 3. The number of hydrogen-bond donors (Lipinski definition) is 2. The number of amides is 2. The van der Waals surface area contributed by atoms with Crippen molar-refractivity contribution in [3.05, 3.63) is 71.4 Å². The lowest BCUT2D eigenvalue weighted by atomic mass is 10.0. The molecule has 1 saturated carbocycles. The van der Waals surface area contributed by atoms with Gasteiger partial charge in [0.15, 0.2) is 0 Å². The SMILES string of the molecule is N#Cc1ccc(N2CCC(Nc3cc(Cc4ccc(N5C(=O)[C@@H]6CC[C@H]5C6)cn4)ncc3C(N)=O)CC2)nc1. The van der Waals surface area contributed by atoms with E-state index in [2.05, 4.69) is 31.2 Å². The second kappa shape index (κ2) is 10.3. The van der Waals surface area contributed by atoms with Crippen LogP contribution in [-0.2, 0) is 11.2 Å². The first-order valence-corrected chi connectivity index (χ1v) is 13.4. The number of fused-ring (bicyclic) bond motifs is 2. The van der Waals surface area contributed by atoms with Crippen molar-refractivity contribution in [1.29, 1.82) is 5.26 Å². The maximum Gasteiger partial charge on any atom is 0.252 e. The Bertz CT molecular complexity index is 1430. The first-order chi connectivity index (χ1) is 19.0. The Morgan fingerprint density at radius 3 is 2.49 bits per heavy atom. The number of nitrogens with one attached hydrogen (secondary N) is 1. The fraction of sp³-hybridized carbons (Fsp3) is 0.379. The van der Waals surface area contributed by atoms with E-state index in [1.807, 2.05) is 29.2 Å². The normalized spacial score (nSPS) is 20.7. The van der Waals surface area contributed by atoms with Gasteiger partial charge >= 0.3 is 0 Å².